The number of rotatable bonds is 6. The highest BCUT2D eigenvalue weighted by atomic mass is 16.5. The summed E-state index contributed by atoms with van der Waals surface area (Å²) < 4.78 is 15.9. The summed E-state index contributed by atoms with van der Waals surface area (Å²) in [6.07, 6.45) is 3.89. The molecule has 1 saturated heterocycles. The van der Waals surface area contributed by atoms with Crippen LogP contribution in [0.4, 0.5) is 0 Å². The van der Waals surface area contributed by atoms with Gasteiger partial charge in [0.25, 0.3) is 0 Å². The van der Waals surface area contributed by atoms with Gasteiger partial charge in [-0.2, -0.15) is 4.98 Å². The van der Waals surface area contributed by atoms with Crippen molar-refractivity contribution in [3.63, 3.8) is 0 Å². The predicted molar refractivity (Wildman–Crippen MR) is 84.0 cm³/mol. The molecule has 0 radical (unpaired) electrons. The third-order valence-electron chi connectivity index (χ3n) is 4.11. The lowest BCUT2D eigenvalue weighted by Gasteiger charge is -2.14. The Morgan fingerprint density at radius 2 is 2.08 bits per heavy atom. The van der Waals surface area contributed by atoms with Crippen molar-refractivity contribution in [2.45, 2.75) is 25.0 Å². The average molecular weight is 332 g/mol. The van der Waals surface area contributed by atoms with E-state index < -0.39 is 0 Å². The predicted octanol–water partition coefficient (Wildman–Crippen LogP) is 0.936. The lowest BCUT2D eigenvalue weighted by Crippen LogP contribution is -2.30. The van der Waals surface area contributed by atoms with Gasteiger partial charge in [-0.05, 0) is 12.1 Å². The Morgan fingerprint density at radius 3 is 2.71 bits per heavy atom. The first-order valence-electron chi connectivity index (χ1n) is 7.77. The molecule has 0 bridgehead atoms. The number of likely N-dealkylation sites (tertiary alicyclic amines) is 1. The van der Waals surface area contributed by atoms with Gasteiger partial charge < -0.3 is 18.9 Å². The molecule has 0 N–H and O–H groups in total. The first kappa shape index (κ1) is 16.5. The third-order valence-corrected chi connectivity index (χ3v) is 4.11. The monoisotopic (exact) mass is 332 g/mol. The van der Waals surface area contributed by atoms with Gasteiger partial charge in [0, 0.05) is 58.1 Å². The maximum Gasteiger partial charge on any atom is 0.227 e. The van der Waals surface area contributed by atoms with Gasteiger partial charge in [0.05, 0.1) is 0 Å². The lowest BCUT2D eigenvalue weighted by atomic mass is 10.2. The second kappa shape index (κ2) is 7.50. The fourth-order valence-corrected chi connectivity index (χ4v) is 2.74. The van der Waals surface area contributed by atoms with Crippen LogP contribution in [0.15, 0.2) is 29.0 Å². The highest BCUT2D eigenvalue weighted by Crippen LogP contribution is 2.18. The van der Waals surface area contributed by atoms with Crippen LogP contribution in [0, 0.1) is 0 Å². The molecule has 2 aromatic rings. The molecule has 0 aromatic carbocycles. The first-order chi connectivity index (χ1) is 11.7. The van der Waals surface area contributed by atoms with E-state index in [1.54, 1.807) is 37.6 Å². The van der Waals surface area contributed by atoms with E-state index in [-0.39, 0.29) is 18.1 Å². The van der Waals surface area contributed by atoms with Crippen LogP contribution in [0.3, 0.4) is 0 Å². The van der Waals surface area contributed by atoms with E-state index in [1.165, 1.54) is 0 Å². The molecule has 1 amide bonds. The van der Waals surface area contributed by atoms with Crippen molar-refractivity contribution in [2.75, 3.05) is 27.3 Å². The Hall–Kier alpha value is -2.32. The molecule has 128 valence electrons. The molecular weight excluding hydrogens is 312 g/mol. The van der Waals surface area contributed by atoms with Crippen molar-refractivity contribution in [3.8, 4) is 11.4 Å². The molecule has 1 aliphatic heterocycles. The van der Waals surface area contributed by atoms with E-state index >= 15 is 0 Å². The zero-order valence-electron chi connectivity index (χ0n) is 13.7. The lowest BCUT2D eigenvalue weighted by molar-refractivity contribution is -0.130. The van der Waals surface area contributed by atoms with Crippen molar-refractivity contribution in [1.29, 1.82) is 0 Å². The number of aromatic nitrogens is 3. The van der Waals surface area contributed by atoms with Gasteiger partial charge in [-0.3, -0.25) is 9.78 Å². The minimum absolute atomic E-state index is 0.0257. The normalized spacial score (nSPS) is 20.5. The van der Waals surface area contributed by atoms with Gasteiger partial charge in [0.2, 0.25) is 17.6 Å². The minimum atomic E-state index is -0.0838. The maximum atomic E-state index is 12.3. The Labute approximate surface area is 139 Å². The summed E-state index contributed by atoms with van der Waals surface area (Å²) in [5.74, 6) is 0.941. The van der Waals surface area contributed by atoms with Crippen LogP contribution in [0.1, 0.15) is 12.3 Å². The van der Waals surface area contributed by atoms with Gasteiger partial charge in [0.15, 0.2) is 0 Å². The van der Waals surface area contributed by atoms with Gasteiger partial charge in [0.1, 0.15) is 12.2 Å². The van der Waals surface area contributed by atoms with Crippen molar-refractivity contribution in [1.82, 2.24) is 20.0 Å². The zero-order chi connectivity index (χ0) is 16.9. The topological polar surface area (TPSA) is 90.6 Å². The van der Waals surface area contributed by atoms with Gasteiger partial charge in [-0.15, -0.1) is 0 Å². The van der Waals surface area contributed by atoms with Crippen molar-refractivity contribution < 1.29 is 18.8 Å². The van der Waals surface area contributed by atoms with Crippen LogP contribution in [-0.4, -0.2) is 65.4 Å². The Kier molecular flexibility index (Phi) is 5.17. The summed E-state index contributed by atoms with van der Waals surface area (Å²) in [6.45, 7) is 1.08. The summed E-state index contributed by atoms with van der Waals surface area (Å²) in [5.41, 5.74) is 0.782. The second-order valence-electron chi connectivity index (χ2n) is 5.60. The van der Waals surface area contributed by atoms with E-state index in [0.717, 1.165) is 5.56 Å². The Bertz CT molecular complexity index is 664. The SMILES string of the molecule is CO[C@H]1CN(C(=O)CCc2nc(-c3cccnc3)no2)C[C@H]1OC. The molecule has 0 unspecified atom stereocenters. The maximum absolute atomic E-state index is 12.3. The first-order valence-corrected chi connectivity index (χ1v) is 7.77. The molecule has 8 heteroatoms. The fourth-order valence-electron chi connectivity index (χ4n) is 2.74. The zero-order valence-corrected chi connectivity index (χ0v) is 13.7. The van der Waals surface area contributed by atoms with Crippen LogP contribution >= 0.6 is 0 Å². The van der Waals surface area contributed by atoms with E-state index in [0.29, 0.717) is 37.6 Å². The fraction of sp³-hybridized carbons (Fsp3) is 0.500. The molecule has 2 aromatic heterocycles. The third kappa shape index (κ3) is 3.60. The molecule has 3 heterocycles. The summed E-state index contributed by atoms with van der Waals surface area (Å²) in [7, 11) is 3.26. The number of carbonyl (C=O) groups is 1. The standard InChI is InChI=1S/C16H20N4O4/c1-22-12-9-20(10-13(12)23-2)15(21)6-5-14-18-16(19-24-14)11-4-3-7-17-8-11/h3-4,7-8,12-13H,5-6,9-10H2,1-2H3/t12-,13+. The number of nitrogens with zero attached hydrogens (tertiary/aromatic N) is 4. The van der Waals surface area contributed by atoms with Crippen molar-refractivity contribution in [2.24, 2.45) is 0 Å². The van der Waals surface area contributed by atoms with Crippen molar-refractivity contribution >= 4 is 5.91 Å². The molecule has 3 rings (SSSR count). The summed E-state index contributed by atoms with van der Waals surface area (Å²) in [4.78, 5) is 22.4. The number of aryl methyl sites for hydroxylation is 1. The number of pyridine rings is 1. The molecule has 8 nitrogen and oxygen atoms in total. The molecule has 24 heavy (non-hydrogen) atoms. The molecule has 0 saturated carbocycles. The molecule has 1 fully saturated rings. The summed E-state index contributed by atoms with van der Waals surface area (Å²) in [5, 5.41) is 3.92. The van der Waals surface area contributed by atoms with Gasteiger partial charge >= 0.3 is 0 Å². The van der Waals surface area contributed by atoms with Crippen LogP contribution in [-0.2, 0) is 20.7 Å². The van der Waals surface area contributed by atoms with Crippen LogP contribution in [0.5, 0.6) is 0 Å². The van der Waals surface area contributed by atoms with E-state index in [2.05, 4.69) is 15.1 Å². The van der Waals surface area contributed by atoms with Crippen LogP contribution < -0.4 is 0 Å². The number of methoxy groups -OCH3 is 2. The summed E-state index contributed by atoms with van der Waals surface area (Å²) in [6, 6.07) is 3.66. The molecule has 0 aliphatic carbocycles. The molecular formula is C16H20N4O4. The quantitative estimate of drug-likeness (QED) is 0.777. The van der Waals surface area contributed by atoms with E-state index in [9.17, 15) is 4.79 Å². The number of hydrogen-bond donors (Lipinski definition) is 0. The summed E-state index contributed by atoms with van der Waals surface area (Å²) >= 11 is 0. The van der Waals surface area contributed by atoms with E-state index in [4.69, 9.17) is 14.0 Å². The number of ether oxygens (including phenoxy) is 2. The average Bonchev–Trinajstić information content (AvgIpc) is 3.27. The number of hydrogen-bond acceptors (Lipinski definition) is 7. The van der Waals surface area contributed by atoms with Crippen LogP contribution in [0.2, 0.25) is 0 Å². The van der Waals surface area contributed by atoms with Crippen LogP contribution in [0.25, 0.3) is 11.4 Å². The smallest absolute Gasteiger partial charge is 0.227 e. The molecule has 1 aliphatic rings. The highest BCUT2D eigenvalue weighted by molar-refractivity contribution is 5.76. The Balaban J connectivity index is 1.55. The molecule has 0 spiro atoms. The van der Waals surface area contributed by atoms with Gasteiger partial charge in [-0.1, -0.05) is 5.16 Å². The van der Waals surface area contributed by atoms with E-state index in [1.807, 2.05) is 6.07 Å². The number of amides is 1. The van der Waals surface area contributed by atoms with Gasteiger partial charge in [-0.25, -0.2) is 0 Å². The molecule has 2 atom stereocenters. The van der Waals surface area contributed by atoms with Crippen molar-refractivity contribution in [3.05, 3.63) is 30.4 Å². The largest absolute Gasteiger partial charge is 0.377 e. The number of carbonyl (C=O) groups excluding carboxylic acids is 1. The minimum Gasteiger partial charge on any atom is -0.377 e. The highest BCUT2D eigenvalue weighted by Gasteiger charge is 2.35. The Morgan fingerprint density at radius 1 is 1.33 bits per heavy atom. The second-order valence-corrected chi connectivity index (χ2v) is 5.60.